The lowest BCUT2D eigenvalue weighted by molar-refractivity contribution is 0.202. The van der Waals surface area contributed by atoms with Crippen LogP contribution in [0.25, 0.3) is 0 Å². The molecule has 1 aliphatic heterocycles. The van der Waals surface area contributed by atoms with Crippen LogP contribution in [-0.4, -0.2) is 44.3 Å². The number of pyridine rings is 1. The van der Waals surface area contributed by atoms with Gasteiger partial charge < -0.3 is 4.74 Å². The Bertz CT molecular complexity index is 898. The Morgan fingerprint density at radius 2 is 1.83 bits per heavy atom. The van der Waals surface area contributed by atoms with E-state index in [2.05, 4.69) is 32.8 Å². The molecular weight excluding hydrogens is 422 g/mol. The second-order valence-electron chi connectivity index (χ2n) is 7.74. The normalized spacial score (nSPS) is 16.6. The zero-order valence-corrected chi connectivity index (χ0v) is 19.5. The largest absolute Gasteiger partial charge is 0.478 e. The fourth-order valence-corrected chi connectivity index (χ4v) is 4.61. The van der Waals surface area contributed by atoms with Crippen LogP contribution in [-0.2, 0) is 16.6 Å². The first-order valence-corrected chi connectivity index (χ1v) is 12.1. The molecule has 3 rings (SSSR count). The van der Waals surface area contributed by atoms with Crippen molar-refractivity contribution in [1.29, 1.82) is 0 Å². The lowest BCUT2D eigenvalue weighted by Gasteiger charge is -2.31. The molecule has 1 aromatic heterocycles. The number of benzene rings is 1. The highest BCUT2D eigenvalue weighted by atomic mass is 35.5. The SMILES string of the molecule is CCOc1cccc(C2CCN(Cc3ccc([C@@H](C)NS(C)(=O)=O)cc3)CC2)n1.Cl. The summed E-state index contributed by atoms with van der Waals surface area (Å²) < 4.78 is 30.9. The van der Waals surface area contributed by atoms with Gasteiger partial charge in [-0.3, -0.25) is 4.90 Å². The Balaban J connectivity index is 0.00000320. The van der Waals surface area contributed by atoms with Gasteiger partial charge in [-0.15, -0.1) is 12.4 Å². The van der Waals surface area contributed by atoms with Crippen LogP contribution in [0.5, 0.6) is 5.88 Å². The number of hydrogen-bond acceptors (Lipinski definition) is 5. The molecule has 6 nitrogen and oxygen atoms in total. The van der Waals surface area contributed by atoms with Crippen molar-refractivity contribution in [3.8, 4) is 5.88 Å². The van der Waals surface area contributed by atoms with Crippen LogP contribution in [0.4, 0.5) is 0 Å². The van der Waals surface area contributed by atoms with Crippen LogP contribution in [0.1, 0.15) is 55.5 Å². The molecule has 0 bridgehead atoms. The van der Waals surface area contributed by atoms with Crippen molar-refractivity contribution >= 4 is 22.4 Å². The van der Waals surface area contributed by atoms with Crippen LogP contribution >= 0.6 is 12.4 Å². The van der Waals surface area contributed by atoms with Crippen molar-refractivity contribution in [3.05, 3.63) is 59.3 Å². The van der Waals surface area contributed by atoms with Crippen LogP contribution in [0.2, 0.25) is 0 Å². The molecule has 1 aromatic carbocycles. The minimum Gasteiger partial charge on any atom is -0.478 e. The zero-order valence-electron chi connectivity index (χ0n) is 17.9. The van der Waals surface area contributed by atoms with Gasteiger partial charge in [-0.05, 0) is 57.0 Å². The van der Waals surface area contributed by atoms with E-state index in [4.69, 9.17) is 4.74 Å². The summed E-state index contributed by atoms with van der Waals surface area (Å²) >= 11 is 0. The fraction of sp³-hybridized carbons (Fsp3) is 0.500. The lowest BCUT2D eigenvalue weighted by Crippen LogP contribution is -2.32. The maximum absolute atomic E-state index is 11.4. The van der Waals surface area contributed by atoms with Crippen molar-refractivity contribution in [3.63, 3.8) is 0 Å². The summed E-state index contributed by atoms with van der Waals surface area (Å²) in [6.07, 6.45) is 3.37. The van der Waals surface area contributed by atoms with Gasteiger partial charge in [0.1, 0.15) is 0 Å². The van der Waals surface area contributed by atoms with Crippen LogP contribution in [0, 0.1) is 0 Å². The number of nitrogens with one attached hydrogen (secondary N) is 1. The van der Waals surface area contributed by atoms with Gasteiger partial charge in [0.15, 0.2) is 0 Å². The monoisotopic (exact) mass is 453 g/mol. The molecule has 1 saturated heterocycles. The molecule has 1 atom stereocenters. The Labute approximate surface area is 186 Å². The lowest BCUT2D eigenvalue weighted by atomic mass is 9.92. The van der Waals surface area contributed by atoms with Gasteiger partial charge >= 0.3 is 0 Å². The third-order valence-electron chi connectivity index (χ3n) is 5.32. The molecule has 0 saturated carbocycles. The van der Waals surface area contributed by atoms with E-state index in [1.54, 1.807) is 0 Å². The number of likely N-dealkylation sites (tertiary alicyclic amines) is 1. The van der Waals surface area contributed by atoms with Gasteiger partial charge in [0.2, 0.25) is 15.9 Å². The molecule has 166 valence electrons. The number of rotatable bonds is 8. The number of halogens is 1. The highest BCUT2D eigenvalue weighted by molar-refractivity contribution is 7.88. The van der Waals surface area contributed by atoms with Crippen molar-refractivity contribution in [2.45, 2.75) is 45.2 Å². The molecule has 30 heavy (non-hydrogen) atoms. The topological polar surface area (TPSA) is 71.5 Å². The Hall–Kier alpha value is -1.67. The van der Waals surface area contributed by atoms with Crippen LogP contribution in [0.3, 0.4) is 0 Å². The highest BCUT2D eigenvalue weighted by Crippen LogP contribution is 2.28. The van der Waals surface area contributed by atoms with E-state index < -0.39 is 10.0 Å². The van der Waals surface area contributed by atoms with E-state index in [1.807, 2.05) is 38.1 Å². The van der Waals surface area contributed by atoms with Crippen molar-refractivity contribution in [1.82, 2.24) is 14.6 Å². The van der Waals surface area contributed by atoms with Crippen molar-refractivity contribution < 1.29 is 13.2 Å². The molecule has 1 N–H and O–H groups in total. The average Bonchev–Trinajstić information content (AvgIpc) is 2.68. The molecule has 2 aromatic rings. The number of nitrogens with zero attached hydrogens (tertiary/aromatic N) is 2. The van der Waals surface area contributed by atoms with E-state index >= 15 is 0 Å². The second kappa shape index (κ2) is 11.1. The Morgan fingerprint density at radius 1 is 1.17 bits per heavy atom. The number of hydrogen-bond donors (Lipinski definition) is 1. The maximum atomic E-state index is 11.4. The smallest absolute Gasteiger partial charge is 0.213 e. The molecule has 0 amide bonds. The highest BCUT2D eigenvalue weighted by Gasteiger charge is 2.22. The molecule has 1 aliphatic rings. The Morgan fingerprint density at radius 3 is 2.43 bits per heavy atom. The van der Waals surface area contributed by atoms with Gasteiger partial charge in [-0.25, -0.2) is 18.1 Å². The third-order valence-corrected chi connectivity index (χ3v) is 6.10. The summed E-state index contributed by atoms with van der Waals surface area (Å²) in [6.45, 7) is 7.46. The number of sulfonamides is 1. The van der Waals surface area contributed by atoms with Crippen molar-refractivity contribution in [2.75, 3.05) is 26.0 Å². The van der Waals surface area contributed by atoms with Gasteiger partial charge in [-0.1, -0.05) is 30.3 Å². The van der Waals surface area contributed by atoms with Crippen molar-refractivity contribution in [2.24, 2.45) is 0 Å². The van der Waals surface area contributed by atoms with E-state index in [0.717, 1.165) is 43.7 Å². The average molecular weight is 454 g/mol. The molecule has 0 aliphatic carbocycles. The van der Waals surface area contributed by atoms with Gasteiger partial charge in [0.05, 0.1) is 12.9 Å². The fourth-order valence-electron chi connectivity index (χ4n) is 3.83. The molecule has 0 spiro atoms. The predicted octanol–water partition coefficient (Wildman–Crippen LogP) is 3.89. The molecular formula is C22H32ClN3O3S. The van der Waals surface area contributed by atoms with Gasteiger partial charge in [0, 0.05) is 30.3 Å². The first-order valence-electron chi connectivity index (χ1n) is 10.2. The van der Waals surface area contributed by atoms with E-state index in [0.29, 0.717) is 18.4 Å². The zero-order chi connectivity index (χ0) is 20.9. The quantitative estimate of drug-likeness (QED) is 0.656. The summed E-state index contributed by atoms with van der Waals surface area (Å²) in [7, 11) is -3.21. The number of aromatic nitrogens is 1. The molecule has 1 fully saturated rings. The van der Waals surface area contributed by atoms with Gasteiger partial charge in [-0.2, -0.15) is 0 Å². The minimum absolute atomic E-state index is 0. The standard InChI is InChI=1S/C22H31N3O3S.ClH/c1-4-28-22-7-5-6-21(23-22)20-12-14-25(15-13-20)16-18-8-10-19(11-9-18)17(2)24-29(3,26)27;/h5-11,17,20,24H,4,12-16H2,1-3H3;1H/t17-;/m1./s1. The number of ether oxygens (including phenoxy) is 1. The summed E-state index contributed by atoms with van der Waals surface area (Å²) in [5.74, 6) is 1.20. The maximum Gasteiger partial charge on any atom is 0.213 e. The minimum atomic E-state index is -3.21. The number of piperidine rings is 1. The third kappa shape index (κ3) is 7.23. The van der Waals surface area contributed by atoms with E-state index in [-0.39, 0.29) is 18.4 Å². The van der Waals surface area contributed by atoms with Crippen LogP contribution in [0.15, 0.2) is 42.5 Å². The molecule has 8 heteroatoms. The summed E-state index contributed by atoms with van der Waals surface area (Å²) in [5.41, 5.74) is 3.35. The van der Waals surface area contributed by atoms with E-state index in [9.17, 15) is 8.42 Å². The Kier molecular flexibility index (Phi) is 9.09. The molecule has 0 radical (unpaired) electrons. The predicted molar refractivity (Wildman–Crippen MR) is 123 cm³/mol. The first-order chi connectivity index (χ1) is 13.8. The summed E-state index contributed by atoms with van der Waals surface area (Å²) in [4.78, 5) is 7.13. The van der Waals surface area contributed by atoms with Gasteiger partial charge in [0.25, 0.3) is 0 Å². The summed E-state index contributed by atoms with van der Waals surface area (Å²) in [6, 6.07) is 14.0. The first kappa shape index (κ1) is 24.6. The second-order valence-corrected chi connectivity index (χ2v) is 9.52. The summed E-state index contributed by atoms with van der Waals surface area (Å²) in [5, 5.41) is 0. The molecule has 2 heterocycles. The molecule has 0 unspecified atom stereocenters. The van der Waals surface area contributed by atoms with E-state index in [1.165, 1.54) is 11.8 Å². The van der Waals surface area contributed by atoms with Crippen LogP contribution < -0.4 is 9.46 Å².